The van der Waals surface area contributed by atoms with Crippen LogP contribution in [0.3, 0.4) is 0 Å². The van der Waals surface area contributed by atoms with Gasteiger partial charge in [-0.05, 0) is 91.3 Å². The second-order valence-corrected chi connectivity index (χ2v) is 16.7. The van der Waals surface area contributed by atoms with E-state index < -0.39 is 17.3 Å². The molecule has 1 unspecified atom stereocenters. The van der Waals surface area contributed by atoms with Gasteiger partial charge in [0.25, 0.3) is 0 Å². The third-order valence-electron chi connectivity index (χ3n) is 11.7. The summed E-state index contributed by atoms with van der Waals surface area (Å²) in [5.74, 6) is 0.604. The van der Waals surface area contributed by atoms with E-state index in [1.54, 1.807) is 36.4 Å². The SMILES string of the molecule is CCc1c(-c2ccc(O)cc2)[c-]ncc1-c1ccc(OCCOCCOCCOCCC(C)(C)c2cc3cc(NC(=O)C4(c5ccc6c(c5)OC(C)(F)O6)CC4)c(F)cc3[nH]2)cc1.[V]. The molecule has 1 saturated carbocycles. The molecule has 0 bridgehead atoms. The van der Waals surface area contributed by atoms with Crippen molar-refractivity contribution in [2.75, 3.05) is 51.6 Å². The normalized spacial score (nSPS) is 16.1. The minimum atomic E-state index is -2.26. The van der Waals surface area contributed by atoms with Crippen LogP contribution in [-0.2, 0) is 54.8 Å². The fraction of sp³-hybridized carbons (Fsp3) is 0.360. The van der Waals surface area contributed by atoms with Gasteiger partial charge in [-0.3, -0.25) is 4.79 Å². The Balaban J connectivity index is 0.00000612. The Morgan fingerprint density at radius 1 is 0.875 bits per heavy atom. The van der Waals surface area contributed by atoms with E-state index >= 15 is 4.39 Å². The minimum absolute atomic E-state index is 0. The molecule has 1 atom stereocenters. The van der Waals surface area contributed by atoms with E-state index in [1.165, 1.54) is 13.0 Å². The third kappa shape index (κ3) is 10.6. The molecule has 1 radical (unpaired) electrons. The molecule has 64 heavy (non-hydrogen) atoms. The number of anilines is 1. The van der Waals surface area contributed by atoms with Gasteiger partial charge < -0.3 is 48.8 Å². The molecule has 1 amide bonds. The van der Waals surface area contributed by atoms with Crippen molar-refractivity contribution >= 4 is 22.5 Å². The van der Waals surface area contributed by atoms with Crippen LogP contribution in [0.15, 0.2) is 91.1 Å². The summed E-state index contributed by atoms with van der Waals surface area (Å²) in [6.07, 6.45) is 7.64. The number of nitrogens with zero attached hydrogens (tertiary/aromatic N) is 1. The Bertz CT molecular complexity index is 2560. The first-order valence-corrected chi connectivity index (χ1v) is 21.4. The second kappa shape index (κ2) is 19.8. The van der Waals surface area contributed by atoms with Gasteiger partial charge >= 0.3 is 6.04 Å². The standard InChI is InChI=1S/C50H52F2N3O8.V/c1-5-38-39(32-6-11-36(56)12-7-32)30-53-31-40(38)33-8-13-37(14-9-33)61-25-24-60-23-22-59-21-20-58-19-18-48(2,3)46-27-34-26-43(41(51)29-42(34)54-46)55-47(57)50(16-17-50)35-10-15-44-45(28-35)63-49(4,52)62-44;/h6-15,26-29,31,54,56H,5,16-25H2,1-4H3,(H,55,57);/q-1;. The third-order valence-corrected chi connectivity index (χ3v) is 11.7. The number of carbonyl (C=O) groups excluding carboxylic acids is 1. The number of amides is 1. The van der Waals surface area contributed by atoms with Gasteiger partial charge in [-0.15, -0.1) is 11.1 Å². The number of aromatic hydroxyl groups is 1. The molecule has 3 heterocycles. The van der Waals surface area contributed by atoms with E-state index in [2.05, 4.69) is 42.3 Å². The molecule has 14 heteroatoms. The van der Waals surface area contributed by atoms with Crippen LogP contribution in [0.5, 0.6) is 23.0 Å². The maximum absolute atomic E-state index is 15.3. The molecule has 3 N–H and O–H groups in total. The number of alkyl halides is 1. The Labute approximate surface area is 383 Å². The van der Waals surface area contributed by atoms with Crippen LogP contribution < -0.4 is 19.5 Å². The molecule has 6 aromatic rings. The number of halogens is 2. The Kier molecular flexibility index (Phi) is 14.4. The number of fused-ring (bicyclic) bond motifs is 2. The molecule has 0 spiro atoms. The number of aromatic nitrogens is 2. The van der Waals surface area contributed by atoms with Crippen molar-refractivity contribution in [2.45, 2.75) is 70.2 Å². The van der Waals surface area contributed by atoms with Gasteiger partial charge in [-0.25, -0.2) is 4.39 Å². The summed E-state index contributed by atoms with van der Waals surface area (Å²) >= 11 is 0. The number of phenolic OH excluding ortho intramolecular Hbond substituents is 1. The van der Waals surface area contributed by atoms with E-state index in [1.807, 2.05) is 48.7 Å². The van der Waals surface area contributed by atoms with Crippen molar-refractivity contribution in [1.82, 2.24) is 9.97 Å². The van der Waals surface area contributed by atoms with E-state index in [0.29, 0.717) is 76.6 Å². The predicted octanol–water partition coefficient (Wildman–Crippen LogP) is 9.98. The van der Waals surface area contributed by atoms with E-state index in [9.17, 15) is 14.3 Å². The smallest absolute Gasteiger partial charge is 0.404 e. The number of H-pyrrole nitrogens is 1. The van der Waals surface area contributed by atoms with Gasteiger partial charge in [0, 0.05) is 60.2 Å². The quantitative estimate of drug-likeness (QED) is 0.0506. The summed E-state index contributed by atoms with van der Waals surface area (Å²) < 4.78 is 63.1. The molecule has 2 aliphatic rings. The second-order valence-electron chi connectivity index (χ2n) is 16.7. The Morgan fingerprint density at radius 3 is 2.22 bits per heavy atom. The summed E-state index contributed by atoms with van der Waals surface area (Å²) in [7, 11) is 0. The van der Waals surface area contributed by atoms with Gasteiger partial charge in [0.2, 0.25) is 5.91 Å². The van der Waals surface area contributed by atoms with Crippen LogP contribution >= 0.6 is 0 Å². The van der Waals surface area contributed by atoms with Crippen LogP contribution in [-0.4, -0.2) is 73.3 Å². The van der Waals surface area contributed by atoms with Crippen molar-refractivity contribution < 1.29 is 65.7 Å². The summed E-state index contributed by atoms with van der Waals surface area (Å²) in [5, 5.41) is 13.3. The number of hydrogen-bond donors (Lipinski definition) is 3. The minimum Gasteiger partial charge on any atom is -0.508 e. The molecule has 1 aliphatic heterocycles. The van der Waals surface area contributed by atoms with Crippen molar-refractivity contribution in [2.24, 2.45) is 0 Å². The summed E-state index contributed by atoms with van der Waals surface area (Å²) in [5.41, 5.74) is 6.25. The zero-order valence-electron chi connectivity index (χ0n) is 36.4. The average Bonchev–Trinajstić information content (AvgIpc) is 3.88. The molecule has 8 rings (SSSR count). The number of benzene rings is 4. The molecule has 335 valence electrons. The van der Waals surface area contributed by atoms with E-state index in [4.69, 9.17) is 28.4 Å². The van der Waals surface area contributed by atoms with Crippen molar-refractivity contribution in [3.63, 3.8) is 0 Å². The summed E-state index contributed by atoms with van der Waals surface area (Å²) in [6, 6.07) is 22.7. The zero-order valence-corrected chi connectivity index (χ0v) is 37.8. The van der Waals surface area contributed by atoms with Crippen LogP contribution in [0.25, 0.3) is 33.2 Å². The topological polar surface area (TPSA) is 133 Å². The first kappa shape index (κ1) is 46.6. The number of aromatic amines is 1. The summed E-state index contributed by atoms with van der Waals surface area (Å²) in [4.78, 5) is 21.3. The zero-order chi connectivity index (χ0) is 44.2. The number of hydrogen-bond acceptors (Lipinski definition) is 9. The molecule has 2 aromatic heterocycles. The maximum atomic E-state index is 15.3. The number of nitrogens with one attached hydrogen (secondary N) is 2. The largest absolute Gasteiger partial charge is 0.508 e. The molecule has 1 fully saturated rings. The number of ether oxygens (including phenoxy) is 6. The fourth-order valence-corrected chi connectivity index (χ4v) is 7.89. The van der Waals surface area contributed by atoms with Gasteiger partial charge in [0.1, 0.15) is 23.9 Å². The monoisotopic (exact) mass is 911 g/mol. The van der Waals surface area contributed by atoms with Crippen molar-refractivity contribution in [3.8, 4) is 45.3 Å². The van der Waals surface area contributed by atoms with Crippen molar-refractivity contribution in [3.05, 3.63) is 120 Å². The molecule has 11 nitrogen and oxygen atoms in total. The van der Waals surface area contributed by atoms with Gasteiger partial charge in [0.05, 0.1) is 44.1 Å². The van der Waals surface area contributed by atoms with Crippen LogP contribution in [0, 0.1) is 12.0 Å². The van der Waals surface area contributed by atoms with Crippen LogP contribution in [0.1, 0.15) is 63.8 Å². The van der Waals surface area contributed by atoms with E-state index in [0.717, 1.165) is 51.1 Å². The van der Waals surface area contributed by atoms with Crippen LogP contribution in [0.4, 0.5) is 14.5 Å². The Hall–Kier alpha value is -5.44. The number of phenols is 1. The predicted molar refractivity (Wildman–Crippen MR) is 236 cm³/mol. The van der Waals surface area contributed by atoms with Crippen LogP contribution in [0.2, 0.25) is 0 Å². The van der Waals surface area contributed by atoms with Gasteiger partial charge in [0.15, 0.2) is 11.5 Å². The molecular formula is C50H52F2N3O8V-. The van der Waals surface area contributed by atoms with Gasteiger partial charge in [-0.2, -0.15) is 4.39 Å². The molecule has 4 aromatic carbocycles. The van der Waals surface area contributed by atoms with Gasteiger partial charge in [-0.1, -0.05) is 68.7 Å². The molecule has 1 aliphatic carbocycles. The number of pyridine rings is 1. The average molecular weight is 912 g/mol. The molecule has 0 saturated heterocycles. The first-order valence-electron chi connectivity index (χ1n) is 21.4. The summed E-state index contributed by atoms with van der Waals surface area (Å²) in [6.45, 7) is 10.6. The maximum Gasteiger partial charge on any atom is 0.404 e. The Morgan fingerprint density at radius 2 is 1.53 bits per heavy atom. The number of rotatable bonds is 20. The molecular weight excluding hydrogens is 860 g/mol. The first-order chi connectivity index (χ1) is 30.3. The van der Waals surface area contributed by atoms with Crippen molar-refractivity contribution in [1.29, 1.82) is 0 Å². The number of carbonyl (C=O) groups is 1. The van der Waals surface area contributed by atoms with E-state index in [-0.39, 0.29) is 52.8 Å². The fourth-order valence-electron chi connectivity index (χ4n) is 7.89.